The van der Waals surface area contributed by atoms with Crippen molar-refractivity contribution >= 4 is 67.6 Å². The first-order valence-electron chi connectivity index (χ1n) is 9.50. The van der Waals surface area contributed by atoms with Crippen molar-refractivity contribution in [3.8, 4) is 5.95 Å². The van der Waals surface area contributed by atoms with Crippen LogP contribution in [0, 0.1) is 0 Å². The second-order valence-corrected chi connectivity index (χ2v) is 10.1. The Morgan fingerprint density at radius 1 is 1.03 bits per heavy atom. The van der Waals surface area contributed by atoms with E-state index >= 15 is 0 Å². The van der Waals surface area contributed by atoms with Gasteiger partial charge >= 0.3 is 6.16 Å². The van der Waals surface area contributed by atoms with Gasteiger partial charge in [0.15, 0.2) is 0 Å². The van der Waals surface area contributed by atoms with Crippen molar-refractivity contribution in [1.82, 2.24) is 4.31 Å². The molecule has 0 unspecified atom stereocenters. The topological polar surface area (TPSA) is 100 Å². The third-order valence-corrected chi connectivity index (χ3v) is 8.34. The molecule has 170 valence electrons. The summed E-state index contributed by atoms with van der Waals surface area (Å²) in [5.74, 6) is -0.184. The van der Waals surface area contributed by atoms with Crippen LogP contribution in [0.2, 0.25) is 15.1 Å². The molecule has 1 aliphatic heterocycles. The van der Waals surface area contributed by atoms with Crippen molar-refractivity contribution in [1.29, 1.82) is 0 Å². The van der Waals surface area contributed by atoms with E-state index in [-0.39, 0.29) is 27.4 Å². The Kier molecular flexibility index (Phi) is 6.46. The highest BCUT2D eigenvalue weighted by Gasteiger charge is 2.31. The normalized spacial score (nSPS) is 15.7. The van der Waals surface area contributed by atoms with Crippen LogP contribution >= 0.6 is 34.8 Å². The van der Waals surface area contributed by atoms with E-state index in [1.165, 1.54) is 22.5 Å². The quantitative estimate of drug-likeness (QED) is 0.464. The Morgan fingerprint density at radius 3 is 2.44 bits per heavy atom. The fraction of sp³-hybridized carbons (Fsp3) is 0.250. The van der Waals surface area contributed by atoms with E-state index < -0.39 is 16.2 Å². The first kappa shape index (κ1) is 23.0. The van der Waals surface area contributed by atoms with Crippen LogP contribution in [0.4, 0.5) is 10.5 Å². The van der Waals surface area contributed by atoms with E-state index in [1.54, 1.807) is 18.2 Å². The predicted octanol–water partition coefficient (Wildman–Crippen LogP) is 5.35. The largest absolute Gasteiger partial charge is 0.513 e. The number of halogens is 3. The van der Waals surface area contributed by atoms with Crippen LogP contribution < -0.4 is 9.64 Å². The zero-order chi connectivity index (χ0) is 23.0. The molecule has 0 aliphatic carbocycles. The Morgan fingerprint density at radius 2 is 1.75 bits per heavy atom. The summed E-state index contributed by atoms with van der Waals surface area (Å²) in [6, 6.07) is 9.39. The smallest absolute Gasteiger partial charge is 0.449 e. The molecule has 0 atom stereocenters. The van der Waals surface area contributed by atoms with Crippen LogP contribution in [0.1, 0.15) is 6.42 Å². The molecule has 1 fully saturated rings. The van der Waals surface area contributed by atoms with Gasteiger partial charge in [-0.15, -0.1) is 0 Å². The molecule has 1 N–H and O–H groups in total. The van der Waals surface area contributed by atoms with Gasteiger partial charge in [-0.05, 0) is 30.7 Å². The highest BCUT2D eigenvalue weighted by molar-refractivity contribution is 7.89. The molecular formula is C20H17Cl3N2O6S. The van der Waals surface area contributed by atoms with Gasteiger partial charge in [0.25, 0.3) is 5.95 Å². The molecular weight excluding hydrogens is 503 g/mol. The molecule has 0 spiro atoms. The molecule has 12 heteroatoms. The first-order chi connectivity index (χ1) is 15.2. The number of hydrogen-bond acceptors (Lipinski definition) is 6. The molecule has 0 saturated carbocycles. The molecule has 1 aliphatic rings. The summed E-state index contributed by atoms with van der Waals surface area (Å²) in [4.78, 5) is 12.6. The van der Waals surface area contributed by atoms with E-state index in [2.05, 4.69) is 4.74 Å². The van der Waals surface area contributed by atoms with Crippen molar-refractivity contribution in [2.45, 2.75) is 11.3 Å². The van der Waals surface area contributed by atoms with Crippen molar-refractivity contribution < 1.29 is 27.5 Å². The SMILES string of the molecule is O=C(O)Oc1cc2c(Cl)c(N3CCCN(S(=O)(=O)c4c(Cl)cccc4Cl)CC3)ccc2o1. The Bertz CT molecular complexity index is 1270. The lowest BCUT2D eigenvalue weighted by Gasteiger charge is -2.25. The number of sulfonamides is 1. The molecule has 0 radical (unpaired) electrons. The van der Waals surface area contributed by atoms with Gasteiger partial charge in [-0.3, -0.25) is 0 Å². The number of carbonyl (C=O) groups is 1. The number of anilines is 1. The average Bonchev–Trinajstić information content (AvgIpc) is 2.95. The maximum atomic E-state index is 13.2. The number of ether oxygens (including phenoxy) is 1. The van der Waals surface area contributed by atoms with Crippen LogP contribution in [0.5, 0.6) is 5.95 Å². The third kappa shape index (κ3) is 4.35. The first-order valence-corrected chi connectivity index (χ1v) is 12.1. The molecule has 1 saturated heterocycles. The number of nitrogens with zero attached hydrogens (tertiary/aromatic N) is 2. The fourth-order valence-corrected chi connectivity index (χ4v) is 6.55. The number of hydrogen-bond donors (Lipinski definition) is 1. The summed E-state index contributed by atoms with van der Waals surface area (Å²) in [5.41, 5.74) is 1.05. The van der Waals surface area contributed by atoms with Crippen LogP contribution in [0.3, 0.4) is 0 Å². The van der Waals surface area contributed by atoms with Crippen LogP contribution in [-0.2, 0) is 10.0 Å². The van der Waals surface area contributed by atoms with Gasteiger partial charge in [-0.25, -0.2) is 13.2 Å². The minimum absolute atomic E-state index is 0.0754. The van der Waals surface area contributed by atoms with Crippen LogP contribution in [-0.4, -0.2) is 50.2 Å². The number of rotatable bonds is 4. The van der Waals surface area contributed by atoms with Gasteiger partial charge in [-0.1, -0.05) is 40.9 Å². The maximum absolute atomic E-state index is 13.2. The fourth-order valence-electron chi connectivity index (χ4n) is 3.66. The predicted molar refractivity (Wildman–Crippen MR) is 122 cm³/mol. The Hall–Kier alpha value is -2.17. The zero-order valence-corrected chi connectivity index (χ0v) is 19.5. The summed E-state index contributed by atoms with van der Waals surface area (Å²) < 4.78 is 37.7. The monoisotopic (exact) mass is 518 g/mol. The van der Waals surface area contributed by atoms with Crippen molar-refractivity contribution in [2.75, 3.05) is 31.1 Å². The van der Waals surface area contributed by atoms with Gasteiger partial charge in [0, 0.05) is 37.6 Å². The maximum Gasteiger partial charge on any atom is 0.513 e. The molecule has 4 rings (SSSR count). The summed E-state index contributed by atoms with van der Waals surface area (Å²) in [6.07, 6.45) is -0.943. The molecule has 0 bridgehead atoms. The van der Waals surface area contributed by atoms with Crippen molar-refractivity contribution in [3.63, 3.8) is 0 Å². The lowest BCUT2D eigenvalue weighted by molar-refractivity contribution is 0.134. The minimum atomic E-state index is -3.88. The number of carboxylic acid groups (broad SMARTS) is 1. The van der Waals surface area contributed by atoms with Gasteiger partial charge in [0.05, 0.1) is 20.8 Å². The van der Waals surface area contributed by atoms with Gasteiger partial charge in [-0.2, -0.15) is 4.31 Å². The second-order valence-electron chi connectivity index (χ2n) is 7.04. The number of fused-ring (bicyclic) bond motifs is 1. The summed E-state index contributed by atoms with van der Waals surface area (Å²) in [6.45, 7) is 1.44. The van der Waals surface area contributed by atoms with Crippen LogP contribution in [0.15, 0.2) is 45.7 Å². The summed E-state index contributed by atoms with van der Waals surface area (Å²) in [7, 11) is -3.88. The van der Waals surface area contributed by atoms with E-state index in [9.17, 15) is 13.2 Å². The third-order valence-electron chi connectivity index (χ3n) is 5.09. The highest BCUT2D eigenvalue weighted by Crippen LogP contribution is 2.38. The average molecular weight is 520 g/mol. The molecule has 2 aromatic carbocycles. The molecule has 2 heterocycles. The van der Waals surface area contributed by atoms with E-state index in [0.717, 1.165) is 0 Å². The van der Waals surface area contributed by atoms with E-state index in [0.29, 0.717) is 47.7 Å². The minimum Gasteiger partial charge on any atom is -0.449 e. The molecule has 0 amide bonds. The molecule has 32 heavy (non-hydrogen) atoms. The van der Waals surface area contributed by atoms with Crippen molar-refractivity contribution in [2.24, 2.45) is 0 Å². The summed E-state index contributed by atoms with van der Waals surface area (Å²) in [5, 5.41) is 9.77. The van der Waals surface area contributed by atoms with E-state index in [1.807, 2.05) is 4.90 Å². The number of furan rings is 1. The summed E-state index contributed by atoms with van der Waals surface area (Å²) >= 11 is 18.8. The van der Waals surface area contributed by atoms with E-state index in [4.69, 9.17) is 44.3 Å². The lowest BCUT2D eigenvalue weighted by Crippen LogP contribution is -2.35. The Labute approximate surface area is 198 Å². The van der Waals surface area contributed by atoms with Gasteiger partial charge in [0.1, 0.15) is 10.5 Å². The standard InChI is InChI=1S/C20H17Cl3N2O6S/c21-13-3-1-4-14(22)19(13)32(28,29)25-8-2-7-24(9-10-25)15-5-6-16-12(18(15)23)11-17(30-16)31-20(26)27/h1,3-6,11H,2,7-10H2,(H,26,27). The van der Waals surface area contributed by atoms with Gasteiger partial charge < -0.3 is 19.2 Å². The molecule has 1 aromatic heterocycles. The van der Waals surface area contributed by atoms with Crippen molar-refractivity contribution in [3.05, 3.63) is 51.5 Å². The lowest BCUT2D eigenvalue weighted by atomic mass is 10.2. The molecule has 3 aromatic rings. The Balaban J connectivity index is 1.59. The second kappa shape index (κ2) is 8.99. The number of benzene rings is 2. The zero-order valence-electron chi connectivity index (χ0n) is 16.4. The van der Waals surface area contributed by atoms with Crippen LogP contribution in [0.25, 0.3) is 11.0 Å². The van der Waals surface area contributed by atoms with Gasteiger partial charge in [0.2, 0.25) is 10.0 Å². The highest BCUT2D eigenvalue weighted by atomic mass is 35.5. The molecule has 8 nitrogen and oxygen atoms in total.